The molecule has 2 N–H and O–H groups in total. The highest BCUT2D eigenvalue weighted by Gasteiger charge is 2.41. The van der Waals surface area contributed by atoms with Gasteiger partial charge in [-0.1, -0.05) is 49.1 Å². The van der Waals surface area contributed by atoms with Crippen molar-refractivity contribution in [1.82, 2.24) is 10.4 Å². The standard InChI is InChI=1S/C23H26N2O6/c1-3-12-30-17-10-11-18-19(13-17)20(24-31-15-16-8-6-5-7-9-16)14-25(23(27)28)21(18)22(26)29-4-2/h3,5-11,13,20-21,24H,1,4,12,14-15H2,2H3,(H,27,28)/t20?,21-/m0/s1. The second kappa shape index (κ2) is 10.6. The molecule has 3 rings (SSSR count). The van der Waals surface area contributed by atoms with Crippen LogP contribution in [0, 0.1) is 0 Å². The summed E-state index contributed by atoms with van der Waals surface area (Å²) < 4.78 is 10.8. The highest BCUT2D eigenvalue weighted by molar-refractivity contribution is 5.83. The Morgan fingerprint density at radius 3 is 2.68 bits per heavy atom. The van der Waals surface area contributed by atoms with Crippen LogP contribution in [0.1, 0.15) is 35.7 Å². The van der Waals surface area contributed by atoms with Crippen LogP contribution >= 0.6 is 0 Å². The maximum absolute atomic E-state index is 12.6. The van der Waals surface area contributed by atoms with Crippen molar-refractivity contribution >= 4 is 12.1 Å². The Hall–Kier alpha value is -3.36. The van der Waals surface area contributed by atoms with E-state index in [0.717, 1.165) is 10.5 Å². The Morgan fingerprint density at radius 2 is 2.00 bits per heavy atom. The molecule has 0 spiro atoms. The first-order valence-electron chi connectivity index (χ1n) is 10.00. The summed E-state index contributed by atoms with van der Waals surface area (Å²) >= 11 is 0. The predicted molar refractivity (Wildman–Crippen MR) is 113 cm³/mol. The number of amides is 1. The van der Waals surface area contributed by atoms with Crippen molar-refractivity contribution in [3.63, 3.8) is 0 Å². The molecule has 1 amide bonds. The Bertz CT molecular complexity index is 918. The van der Waals surface area contributed by atoms with E-state index in [0.29, 0.717) is 30.1 Å². The molecule has 1 aliphatic heterocycles. The van der Waals surface area contributed by atoms with Crippen molar-refractivity contribution in [2.24, 2.45) is 0 Å². The molecule has 164 valence electrons. The zero-order chi connectivity index (χ0) is 22.2. The van der Waals surface area contributed by atoms with Gasteiger partial charge in [-0.2, -0.15) is 5.48 Å². The third kappa shape index (κ3) is 5.42. The van der Waals surface area contributed by atoms with Crippen LogP contribution in [0.25, 0.3) is 0 Å². The maximum atomic E-state index is 12.6. The fourth-order valence-electron chi connectivity index (χ4n) is 3.48. The van der Waals surface area contributed by atoms with Crippen molar-refractivity contribution in [2.75, 3.05) is 19.8 Å². The largest absolute Gasteiger partial charge is 0.490 e. The third-order valence-electron chi connectivity index (χ3n) is 4.85. The van der Waals surface area contributed by atoms with Crippen LogP contribution in [-0.2, 0) is 21.0 Å². The van der Waals surface area contributed by atoms with E-state index in [1.54, 1.807) is 31.2 Å². The zero-order valence-corrected chi connectivity index (χ0v) is 17.3. The minimum Gasteiger partial charge on any atom is -0.490 e. The van der Waals surface area contributed by atoms with Gasteiger partial charge in [-0.3, -0.25) is 9.74 Å². The summed E-state index contributed by atoms with van der Waals surface area (Å²) in [7, 11) is 0. The van der Waals surface area contributed by atoms with Crippen molar-refractivity contribution in [3.05, 3.63) is 77.9 Å². The first kappa shape index (κ1) is 22.3. The van der Waals surface area contributed by atoms with Crippen LogP contribution in [0.4, 0.5) is 4.79 Å². The van der Waals surface area contributed by atoms with Gasteiger partial charge in [0.05, 0.1) is 19.3 Å². The fourth-order valence-corrected chi connectivity index (χ4v) is 3.48. The van der Waals surface area contributed by atoms with E-state index in [9.17, 15) is 14.7 Å². The lowest BCUT2D eigenvalue weighted by Gasteiger charge is -2.38. The summed E-state index contributed by atoms with van der Waals surface area (Å²) in [6.07, 6.45) is 0.414. The van der Waals surface area contributed by atoms with E-state index in [-0.39, 0.29) is 13.2 Å². The minimum absolute atomic E-state index is 0.00547. The van der Waals surface area contributed by atoms with Crippen molar-refractivity contribution in [1.29, 1.82) is 0 Å². The molecule has 2 aromatic rings. The lowest BCUT2D eigenvalue weighted by molar-refractivity contribution is -0.150. The monoisotopic (exact) mass is 426 g/mol. The zero-order valence-electron chi connectivity index (χ0n) is 17.3. The number of hydrogen-bond acceptors (Lipinski definition) is 6. The molecule has 31 heavy (non-hydrogen) atoms. The number of carboxylic acid groups (broad SMARTS) is 1. The smallest absolute Gasteiger partial charge is 0.408 e. The summed E-state index contributed by atoms with van der Waals surface area (Å²) in [6.45, 7) is 6.10. The van der Waals surface area contributed by atoms with E-state index in [1.807, 2.05) is 30.3 Å². The fraction of sp³-hybridized carbons (Fsp3) is 0.304. The minimum atomic E-state index is -1.22. The van der Waals surface area contributed by atoms with Crippen molar-refractivity contribution in [3.8, 4) is 5.75 Å². The number of nitrogens with zero attached hydrogens (tertiary/aromatic N) is 1. The Labute approximate surface area is 181 Å². The number of fused-ring (bicyclic) bond motifs is 1. The number of carbonyl (C=O) groups is 2. The average Bonchev–Trinajstić information content (AvgIpc) is 2.78. The van der Waals surface area contributed by atoms with Crippen LogP contribution < -0.4 is 10.2 Å². The van der Waals surface area contributed by atoms with Crippen molar-refractivity contribution in [2.45, 2.75) is 25.6 Å². The molecule has 8 nitrogen and oxygen atoms in total. The number of hydrogen-bond donors (Lipinski definition) is 2. The van der Waals surface area contributed by atoms with Crippen LogP contribution in [0.2, 0.25) is 0 Å². The maximum Gasteiger partial charge on any atom is 0.408 e. The molecule has 0 saturated heterocycles. The Balaban J connectivity index is 1.90. The number of nitrogens with one attached hydrogen (secondary N) is 1. The summed E-state index contributed by atoms with van der Waals surface area (Å²) in [5.41, 5.74) is 5.16. The third-order valence-corrected chi connectivity index (χ3v) is 4.85. The van der Waals surface area contributed by atoms with E-state index in [4.69, 9.17) is 14.3 Å². The van der Waals surface area contributed by atoms with Gasteiger partial charge in [-0.05, 0) is 35.7 Å². The number of ether oxygens (including phenoxy) is 2. The van der Waals surface area contributed by atoms with Gasteiger partial charge < -0.3 is 14.6 Å². The molecule has 1 unspecified atom stereocenters. The number of benzene rings is 2. The van der Waals surface area contributed by atoms with E-state index < -0.39 is 24.1 Å². The molecule has 8 heteroatoms. The SMILES string of the molecule is C=CCOc1ccc2c(c1)C(NOCc1ccccc1)CN(C(=O)O)[C@@H]2C(=O)OCC. The van der Waals surface area contributed by atoms with Crippen LogP contribution in [0.3, 0.4) is 0 Å². The molecular weight excluding hydrogens is 400 g/mol. The molecule has 0 aromatic heterocycles. The second-order valence-corrected chi connectivity index (χ2v) is 6.92. The number of esters is 1. The molecule has 0 aliphatic carbocycles. The molecule has 1 heterocycles. The van der Waals surface area contributed by atoms with E-state index in [1.165, 1.54) is 0 Å². The van der Waals surface area contributed by atoms with Gasteiger partial charge in [0.2, 0.25) is 0 Å². The molecule has 2 atom stereocenters. The summed E-state index contributed by atoms with van der Waals surface area (Å²) in [5.74, 6) is -0.0329. The lowest BCUT2D eigenvalue weighted by atomic mass is 9.89. The van der Waals surface area contributed by atoms with Crippen LogP contribution in [-0.4, -0.2) is 41.8 Å². The Morgan fingerprint density at radius 1 is 1.23 bits per heavy atom. The van der Waals surface area contributed by atoms with Crippen LogP contribution in [0.15, 0.2) is 61.2 Å². The van der Waals surface area contributed by atoms with E-state index in [2.05, 4.69) is 12.1 Å². The van der Waals surface area contributed by atoms with Gasteiger partial charge in [0.25, 0.3) is 0 Å². The molecule has 1 aliphatic rings. The van der Waals surface area contributed by atoms with Gasteiger partial charge in [0.1, 0.15) is 12.4 Å². The molecule has 0 radical (unpaired) electrons. The molecule has 0 saturated carbocycles. The lowest BCUT2D eigenvalue weighted by Crippen LogP contribution is -2.48. The number of carbonyl (C=O) groups excluding carboxylic acids is 1. The highest BCUT2D eigenvalue weighted by atomic mass is 16.6. The molecular formula is C23H26N2O6. The topological polar surface area (TPSA) is 97.3 Å². The van der Waals surface area contributed by atoms with Gasteiger partial charge in [0.15, 0.2) is 6.04 Å². The summed E-state index contributed by atoms with van der Waals surface area (Å²) in [4.78, 5) is 31.3. The molecule has 2 aromatic carbocycles. The molecule has 0 bridgehead atoms. The predicted octanol–water partition coefficient (Wildman–Crippen LogP) is 3.61. The molecule has 0 fully saturated rings. The number of rotatable bonds is 9. The first-order valence-corrected chi connectivity index (χ1v) is 10.00. The second-order valence-electron chi connectivity index (χ2n) is 6.92. The number of hydroxylamine groups is 1. The van der Waals surface area contributed by atoms with Crippen molar-refractivity contribution < 1.29 is 29.0 Å². The normalized spacial score (nSPS) is 17.5. The van der Waals surface area contributed by atoms with Gasteiger partial charge in [-0.25, -0.2) is 9.59 Å². The summed E-state index contributed by atoms with van der Waals surface area (Å²) in [6, 6.07) is 13.2. The summed E-state index contributed by atoms with van der Waals surface area (Å²) in [5, 5.41) is 9.76. The first-order chi connectivity index (χ1) is 15.0. The van der Waals surface area contributed by atoms with Gasteiger partial charge in [-0.15, -0.1) is 0 Å². The highest BCUT2D eigenvalue weighted by Crippen LogP contribution is 2.38. The van der Waals surface area contributed by atoms with Gasteiger partial charge >= 0.3 is 12.1 Å². The average molecular weight is 426 g/mol. The Kier molecular flexibility index (Phi) is 7.64. The van der Waals surface area contributed by atoms with E-state index >= 15 is 0 Å². The van der Waals surface area contributed by atoms with Gasteiger partial charge in [0, 0.05) is 6.54 Å². The van der Waals surface area contributed by atoms with Crippen LogP contribution in [0.5, 0.6) is 5.75 Å². The quantitative estimate of drug-likeness (QED) is 0.359.